The van der Waals surface area contributed by atoms with Gasteiger partial charge in [0.2, 0.25) is 0 Å². The molecule has 3 rings (SSSR count). The van der Waals surface area contributed by atoms with E-state index in [9.17, 15) is 9.90 Å². The average molecular weight is 430 g/mol. The average Bonchev–Trinajstić information content (AvgIpc) is 2.48. The molecular formula is C17H15BrCl2N2O2. The van der Waals surface area contributed by atoms with Crippen LogP contribution in [-0.2, 0) is 0 Å². The lowest BCUT2D eigenvalue weighted by Gasteiger charge is -2.13. The Morgan fingerprint density at radius 1 is 1.08 bits per heavy atom. The molecule has 2 N–H and O–H groups in total. The molecule has 0 radical (unpaired) electrons. The van der Waals surface area contributed by atoms with Crippen LogP contribution >= 0.6 is 40.7 Å². The minimum absolute atomic E-state index is 0. The van der Waals surface area contributed by atoms with E-state index in [1.165, 1.54) is 0 Å². The van der Waals surface area contributed by atoms with E-state index in [1.807, 2.05) is 31.2 Å². The van der Waals surface area contributed by atoms with Crippen LogP contribution in [0.5, 0.6) is 0 Å². The van der Waals surface area contributed by atoms with Crippen LogP contribution in [0.4, 0.5) is 11.4 Å². The summed E-state index contributed by atoms with van der Waals surface area (Å²) in [5.74, 6) is -0.959. The van der Waals surface area contributed by atoms with Crippen LogP contribution in [0.3, 0.4) is 0 Å². The van der Waals surface area contributed by atoms with Gasteiger partial charge in [-0.05, 0) is 43.3 Å². The quantitative estimate of drug-likeness (QED) is 0.569. The first-order valence-corrected chi connectivity index (χ1v) is 7.50. The molecule has 0 aliphatic carbocycles. The van der Waals surface area contributed by atoms with E-state index >= 15 is 0 Å². The highest BCUT2D eigenvalue weighted by atomic mass is 79.9. The van der Waals surface area contributed by atoms with Gasteiger partial charge in [-0.15, -0.1) is 24.8 Å². The second-order valence-corrected chi connectivity index (χ2v) is 5.86. The number of benzene rings is 2. The van der Waals surface area contributed by atoms with Gasteiger partial charge in [0, 0.05) is 21.2 Å². The molecule has 0 saturated carbocycles. The third kappa shape index (κ3) is 4.17. The van der Waals surface area contributed by atoms with Gasteiger partial charge in [0.05, 0.1) is 16.8 Å². The predicted octanol–water partition coefficient (Wildman–Crippen LogP) is 5.59. The van der Waals surface area contributed by atoms with Crippen molar-refractivity contribution in [1.82, 2.24) is 4.98 Å². The number of carboxylic acid groups (broad SMARTS) is 1. The van der Waals surface area contributed by atoms with Gasteiger partial charge in [0.1, 0.15) is 0 Å². The van der Waals surface area contributed by atoms with Gasteiger partial charge in [-0.3, -0.25) is 4.98 Å². The molecule has 2 aromatic carbocycles. The van der Waals surface area contributed by atoms with E-state index in [0.29, 0.717) is 5.69 Å². The fraction of sp³-hybridized carbons (Fsp3) is 0.0588. The number of carboxylic acids is 1. The van der Waals surface area contributed by atoms with Crippen LogP contribution in [0.25, 0.3) is 10.9 Å². The Morgan fingerprint density at radius 3 is 2.50 bits per heavy atom. The van der Waals surface area contributed by atoms with E-state index in [1.54, 1.807) is 24.3 Å². The summed E-state index contributed by atoms with van der Waals surface area (Å²) < 4.78 is 0.945. The van der Waals surface area contributed by atoms with Crippen molar-refractivity contribution in [3.63, 3.8) is 0 Å². The summed E-state index contributed by atoms with van der Waals surface area (Å²) in [5, 5.41) is 13.4. The Morgan fingerprint density at radius 2 is 1.79 bits per heavy atom. The van der Waals surface area contributed by atoms with Crippen molar-refractivity contribution in [2.75, 3.05) is 5.32 Å². The van der Waals surface area contributed by atoms with Gasteiger partial charge in [-0.1, -0.05) is 28.1 Å². The van der Waals surface area contributed by atoms with Gasteiger partial charge in [-0.25, -0.2) is 4.79 Å². The SMILES string of the molecule is Cc1cc(Nc2ccccc2C(=O)O)c2cc(Br)ccc2n1.Cl.Cl. The maximum atomic E-state index is 11.3. The predicted molar refractivity (Wildman–Crippen MR) is 105 cm³/mol. The molecule has 0 amide bonds. The van der Waals surface area contributed by atoms with Crippen molar-refractivity contribution >= 4 is 69.0 Å². The molecule has 0 saturated heterocycles. The van der Waals surface area contributed by atoms with Crippen molar-refractivity contribution < 1.29 is 9.90 Å². The fourth-order valence-electron chi connectivity index (χ4n) is 2.36. The van der Waals surface area contributed by atoms with Crippen LogP contribution in [-0.4, -0.2) is 16.1 Å². The number of aryl methyl sites for hydroxylation is 1. The Balaban J connectivity index is 0.00000144. The van der Waals surface area contributed by atoms with Crippen molar-refractivity contribution in [3.05, 3.63) is 64.3 Å². The smallest absolute Gasteiger partial charge is 0.337 e. The van der Waals surface area contributed by atoms with Crippen LogP contribution in [0.2, 0.25) is 0 Å². The van der Waals surface area contributed by atoms with Crippen molar-refractivity contribution in [1.29, 1.82) is 0 Å². The summed E-state index contributed by atoms with van der Waals surface area (Å²) >= 11 is 3.46. The molecule has 0 fully saturated rings. The van der Waals surface area contributed by atoms with Gasteiger partial charge >= 0.3 is 5.97 Å². The summed E-state index contributed by atoms with van der Waals surface area (Å²) in [6.07, 6.45) is 0. The molecule has 1 heterocycles. The van der Waals surface area contributed by atoms with Gasteiger partial charge in [0.25, 0.3) is 0 Å². The molecule has 4 nitrogen and oxygen atoms in total. The van der Waals surface area contributed by atoms with Crippen LogP contribution in [0, 0.1) is 6.92 Å². The zero-order valence-corrected chi connectivity index (χ0v) is 15.8. The fourth-order valence-corrected chi connectivity index (χ4v) is 2.72. The number of nitrogens with one attached hydrogen (secondary N) is 1. The summed E-state index contributed by atoms with van der Waals surface area (Å²) in [6, 6.07) is 14.6. The van der Waals surface area contributed by atoms with Gasteiger partial charge < -0.3 is 10.4 Å². The maximum Gasteiger partial charge on any atom is 0.337 e. The summed E-state index contributed by atoms with van der Waals surface area (Å²) in [6.45, 7) is 1.91. The molecule has 24 heavy (non-hydrogen) atoms. The number of halogens is 3. The number of aromatic nitrogens is 1. The highest BCUT2D eigenvalue weighted by Crippen LogP contribution is 2.30. The summed E-state index contributed by atoms with van der Waals surface area (Å²) in [4.78, 5) is 15.8. The normalized spacial score (nSPS) is 9.75. The first-order chi connectivity index (χ1) is 10.5. The minimum atomic E-state index is -0.959. The Hall–Kier alpha value is -1.82. The van der Waals surface area contributed by atoms with Crippen LogP contribution in [0.1, 0.15) is 16.1 Å². The van der Waals surface area contributed by atoms with E-state index in [4.69, 9.17) is 0 Å². The largest absolute Gasteiger partial charge is 0.478 e. The minimum Gasteiger partial charge on any atom is -0.478 e. The number of anilines is 2. The first kappa shape index (κ1) is 20.2. The highest BCUT2D eigenvalue weighted by Gasteiger charge is 2.11. The van der Waals surface area contributed by atoms with Gasteiger partial charge in [-0.2, -0.15) is 0 Å². The molecule has 0 unspecified atom stereocenters. The monoisotopic (exact) mass is 428 g/mol. The van der Waals surface area contributed by atoms with Crippen LogP contribution < -0.4 is 5.32 Å². The number of hydrogen-bond acceptors (Lipinski definition) is 3. The molecule has 0 aliphatic rings. The second kappa shape index (κ2) is 8.33. The molecule has 126 valence electrons. The number of aromatic carboxylic acids is 1. The first-order valence-electron chi connectivity index (χ1n) is 6.71. The molecule has 3 aromatic rings. The lowest BCUT2D eigenvalue weighted by molar-refractivity contribution is 0.0698. The Kier molecular flexibility index (Phi) is 7.02. The van der Waals surface area contributed by atoms with Crippen molar-refractivity contribution in [2.24, 2.45) is 0 Å². The third-order valence-electron chi connectivity index (χ3n) is 3.33. The molecule has 0 spiro atoms. The van der Waals surface area contributed by atoms with Crippen molar-refractivity contribution in [3.8, 4) is 0 Å². The Labute approximate surface area is 160 Å². The summed E-state index contributed by atoms with van der Waals surface area (Å²) in [5.41, 5.74) is 3.35. The maximum absolute atomic E-state index is 11.3. The number of rotatable bonds is 3. The van der Waals surface area contributed by atoms with Crippen LogP contribution in [0.15, 0.2) is 53.0 Å². The number of carbonyl (C=O) groups is 1. The lowest BCUT2D eigenvalue weighted by Crippen LogP contribution is -2.03. The molecule has 0 aliphatic heterocycles. The molecular weight excluding hydrogens is 415 g/mol. The van der Waals surface area contributed by atoms with E-state index in [0.717, 1.165) is 26.8 Å². The van der Waals surface area contributed by atoms with E-state index in [2.05, 4.69) is 26.2 Å². The number of hydrogen-bond donors (Lipinski definition) is 2. The highest BCUT2D eigenvalue weighted by molar-refractivity contribution is 9.10. The number of pyridine rings is 1. The molecule has 7 heteroatoms. The lowest BCUT2D eigenvalue weighted by atomic mass is 10.1. The topological polar surface area (TPSA) is 62.2 Å². The number of nitrogens with zero attached hydrogens (tertiary/aromatic N) is 1. The third-order valence-corrected chi connectivity index (χ3v) is 3.82. The molecule has 1 aromatic heterocycles. The van der Waals surface area contributed by atoms with E-state index in [-0.39, 0.29) is 30.4 Å². The zero-order valence-electron chi connectivity index (χ0n) is 12.6. The molecule has 0 atom stereocenters. The zero-order chi connectivity index (χ0) is 15.7. The van der Waals surface area contributed by atoms with E-state index < -0.39 is 5.97 Å². The second-order valence-electron chi connectivity index (χ2n) is 4.95. The summed E-state index contributed by atoms with van der Waals surface area (Å²) in [7, 11) is 0. The molecule has 0 bridgehead atoms. The standard InChI is InChI=1S/C17H13BrN2O2.2ClH/c1-10-8-16(13-9-11(18)6-7-15(13)19-10)20-14-5-3-2-4-12(14)17(21)22;;/h2-9H,1H3,(H,19,20)(H,21,22);2*1H. The Bertz CT molecular complexity index is 888. The van der Waals surface area contributed by atoms with Gasteiger partial charge in [0.15, 0.2) is 0 Å². The number of para-hydroxylation sites is 1. The van der Waals surface area contributed by atoms with Crippen molar-refractivity contribution in [2.45, 2.75) is 6.92 Å². The number of fused-ring (bicyclic) bond motifs is 1.